The molecule has 0 atom stereocenters. The van der Waals surface area contributed by atoms with Crippen LogP contribution in [-0.4, -0.2) is 13.6 Å². The molecule has 0 unspecified atom stereocenters. The molecule has 2 rings (SSSR count). The summed E-state index contributed by atoms with van der Waals surface area (Å²) >= 11 is 0. The maximum Gasteiger partial charge on any atom is 0.0525 e. The van der Waals surface area contributed by atoms with E-state index >= 15 is 0 Å². The molecule has 0 fully saturated rings. The van der Waals surface area contributed by atoms with Crippen molar-refractivity contribution in [3.8, 4) is 11.8 Å². The van der Waals surface area contributed by atoms with Crippen LogP contribution in [0.1, 0.15) is 12.5 Å². The first-order chi connectivity index (χ1) is 7.72. The van der Waals surface area contributed by atoms with Crippen molar-refractivity contribution >= 4 is 5.69 Å². The molecular formula is C15H15N. The lowest BCUT2D eigenvalue weighted by atomic mass is 10.0. The van der Waals surface area contributed by atoms with Gasteiger partial charge in [0.25, 0.3) is 0 Å². The molecule has 1 aromatic carbocycles. The van der Waals surface area contributed by atoms with Gasteiger partial charge < -0.3 is 4.90 Å². The fraction of sp³-hybridized carbons (Fsp3) is 0.200. The minimum absolute atomic E-state index is 0.862. The minimum Gasteiger partial charge on any atom is -0.369 e. The monoisotopic (exact) mass is 209 g/mol. The van der Waals surface area contributed by atoms with Crippen molar-refractivity contribution in [1.82, 2.24) is 0 Å². The minimum atomic E-state index is 0.862. The van der Waals surface area contributed by atoms with Gasteiger partial charge in [0.1, 0.15) is 0 Å². The number of hydrogen-bond donors (Lipinski definition) is 0. The van der Waals surface area contributed by atoms with Gasteiger partial charge in [0.15, 0.2) is 0 Å². The van der Waals surface area contributed by atoms with Crippen LogP contribution in [0.15, 0.2) is 48.1 Å². The number of benzene rings is 1. The van der Waals surface area contributed by atoms with Crippen molar-refractivity contribution in [2.24, 2.45) is 0 Å². The van der Waals surface area contributed by atoms with E-state index in [0.29, 0.717) is 0 Å². The first-order valence-electron chi connectivity index (χ1n) is 5.36. The summed E-state index contributed by atoms with van der Waals surface area (Å²) in [4.78, 5) is 2.21. The molecule has 16 heavy (non-hydrogen) atoms. The Balaban J connectivity index is 2.57. The molecule has 80 valence electrons. The summed E-state index contributed by atoms with van der Waals surface area (Å²) in [6.07, 6.45) is 1.90. The quantitative estimate of drug-likeness (QED) is 0.643. The SMILES string of the molecule is C=C/C1=C(\C)C#Cc2ccccc2N(C)C1. The summed E-state index contributed by atoms with van der Waals surface area (Å²) < 4.78 is 0. The Labute approximate surface area is 97.1 Å². The Morgan fingerprint density at radius 2 is 2.06 bits per heavy atom. The largest absolute Gasteiger partial charge is 0.369 e. The zero-order valence-corrected chi connectivity index (χ0v) is 9.75. The molecule has 0 spiro atoms. The van der Waals surface area contributed by atoms with E-state index in [9.17, 15) is 0 Å². The molecule has 0 radical (unpaired) electrons. The van der Waals surface area contributed by atoms with Gasteiger partial charge in [-0.2, -0.15) is 0 Å². The van der Waals surface area contributed by atoms with Crippen LogP contribution in [0, 0.1) is 11.8 Å². The van der Waals surface area contributed by atoms with Crippen molar-refractivity contribution < 1.29 is 0 Å². The molecule has 0 saturated heterocycles. The summed E-state index contributed by atoms with van der Waals surface area (Å²) in [6, 6.07) is 8.23. The molecule has 1 aromatic rings. The molecule has 0 aliphatic carbocycles. The number of allylic oxidation sites excluding steroid dienone is 1. The van der Waals surface area contributed by atoms with E-state index in [1.807, 2.05) is 25.1 Å². The third kappa shape index (κ3) is 1.87. The molecular weight excluding hydrogens is 194 g/mol. The smallest absolute Gasteiger partial charge is 0.0525 e. The standard InChI is InChI=1S/C15H15N/c1-4-13-11-16(3)15-8-6-5-7-14(15)10-9-12(13)2/h4-8H,1,11H2,2-3H3/b13-12-. The van der Waals surface area contributed by atoms with E-state index in [2.05, 4.69) is 42.5 Å². The predicted octanol–water partition coefficient (Wildman–Crippen LogP) is 2.99. The maximum atomic E-state index is 3.85. The summed E-state index contributed by atoms with van der Waals surface area (Å²) in [6.45, 7) is 6.75. The predicted molar refractivity (Wildman–Crippen MR) is 69.5 cm³/mol. The molecule has 0 amide bonds. The average molecular weight is 209 g/mol. The molecule has 1 heteroatoms. The Hall–Kier alpha value is -1.94. The highest BCUT2D eigenvalue weighted by atomic mass is 15.1. The van der Waals surface area contributed by atoms with Crippen molar-refractivity contribution in [2.45, 2.75) is 6.92 Å². The van der Waals surface area contributed by atoms with Gasteiger partial charge in [-0.1, -0.05) is 36.6 Å². The Kier molecular flexibility index (Phi) is 2.83. The number of hydrogen-bond acceptors (Lipinski definition) is 1. The van der Waals surface area contributed by atoms with Crippen molar-refractivity contribution in [3.63, 3.8) is 0 Å². The van der Waals surface area contributed by atoms with Crippen molar-refractivity contribution in [1.29, 1.82) is 0 Å². The molecule has 1 aliphatic rings. The fourth-order valence-corrected chi connectivity index (χ4v) is 1.83. The second-order valence-electron chi connectivity index (χ2n) is 3.98. The second-order valence-corrected chi connectivity index (χ2v) is 3.98. The topological polar surface area (TPSA) is 3.24 Å². The van der Waals surface area contributed by atoms with Gasteiger partial charge in [-0.3, -0.25) is 0 Å². The van der Waals surface area contributed by atoms with E-state index in [-0.39, 0.29) is 0 Å². The summed E-state index contributed by atoms with van der Waals surface area (Å²) in [5, 5.41) is 0. The molecule has 1 heterocycles. The van der Waals surface area contributed by atoms with E-state index < -0.39 is 0 Å². The lowest BCUT2D eigenvalue weighted by molar-refractivity contribution is 0.990. The highest BCUT2D eigenvalue weighted by molar-refractivity contribution is 5.64. The van der Waals surface area contributed by atoms with Gasteiger partial charge in [0.2, 0.25) is 0 Å². The molecule has 1 aliphatic heterocycles. The number of para-hydroxylation sites is 1. The van der Waals surface area contributed by atoms with Crippen LogP contribution < -0.4 is 4.90 Å². The van der Waals surface area contributed by atoms with Crippen LogP contribution in [0.5, 0.6) is 0 Å². The first kappa shape index (κ1) is 10.6. The normalized spacial score (nSPS) is 19.0. The molecule has 0 N–H and O–H groups in total. The number of anilines is 1. The van der Waals surface area contributed by atoms with Crippen LogP contribution in [0.4, 0.5) is 5.69 Å². The summed E-state index contributed by atoms with van der Waals surface area (Å²) in [5.41, 5.74) is 4.58. The van der Waals surface area contributed by atoms with Gasteiger partial charge in [-0.05, 0) is 24.6 Å². The highest BCUT2D eigenvalue weighted by Crippen LogP contribution is 2.22. The Morgan fingerprint density at radius 3 is 2.81 bits per heavy atom. The van der Waals surface area contributed by atoms with Gasteiger partial charge in [-0.15, -0.1) is 0 Å². The van der Waals surface area contributed by atoms with Crippen molar-refractivity contribution in [3.05, 3.63) is 53.6 Å². The third-order valence-corrected chi connectivity index (χ3v) is 2.84. The van der Waals surface area contributed by atoms with E-state index in [0.717, 1.165) is 17.7 Å². The number of rotatable bonds is 1. The molecule has 0 saturated carbocycles. The third-order valence-electron chi connectivity index (χ3n) is 2.84. The molecule has 0 bridgehead atoms. The van der Waals surface area contributed by atoms with Crippen LogP contribution in [0.3, 0.4) is 0 Å². The highest BCUT2D eigenvalue weighted by Gasteiger charge is 2.09. The average Bonchev–Trinajstić information content (AvgIpc) is 2.31. The summed E-state index contributed by atoms with van der Waals surface area (Å²) in [7, 11) is 2.09. The van der Waals surface area contributed by atoms with Crippen LogP contribution >= 0.6 is 0 Å². The van der Waals surface area contributed by atoms with Gasteiger partial charge in [-0.25, -0.2) is 0 Å². The van der Waals surface area contributed by atoms with E-state index in [1.54, 1.807) is 0 Å². The zero-order valence-electron chi connectivity index (χ0n) is 9.75. The second kappa shape index (κ2) is 4.28. The van der Waals surface area contributed by atoms with Gasteiger partial charge >= 0.3 is 0 Å². The fourth-order valence-electron chi connectivity index (χ4n) is 1.83. The molecule has 0 aromatic heterocycles. The number of fused-ring (bicyclic) bond motifs is 1. The Morgan fingerprint density at radius 1 is 1.31 bits per heavy atom. The van der Waals surface area contributed by atoms with Gasteiger partial charge in [0, 0.05) is 24.7 Å². The zero-order chi connectivity index (χ0) is 11.5. The van der Waals surface area contributed by atoms with E-state index in [4.69, 9.17) is 0 Å². The van der Waals surface area contributed by atoms with E-state index in [1.165, 1.54) is 11.3 Å². The molecule has 1 nitrogen and oxygen atoms in total. The van der Waals surface area contributed by atoms with Crippen molar-refractivity contribution in [2.75, 3.05) is 18.5 Å². The van der Waals surface area contributed by atoms with Crippen LogP contribution in [0.25, 0.3) is 0 Å². The number of nitrogens with zero attached hydrogens (tertiary/aromatic N) is 1. The van der Waals surface area contributed by atoms with Gasteiger partial charge in [0.05, 0.1) is 5.69 Å². The van der Waals surface area contributed by atoms with Crippen LogP contribution in [-0.2, 0) is 0 Å². The van der Waals surface area contributed by atoms with Crippen LogP contribution in [0.2, 0.25) is 0 Å². The first-order valence-corrected chi connectivity index (χ1v) is 5.36. The lowest BCUT2D eigenvalue weighted by Crippen LogP contribution is -2.21. The maximum absolute atomic E-state index is 3.85. The number of likely N-dealkylation sites (N-methyl/N-ethyl adjacent to an activating group) is 1. The lowest BCUT2D eigenvalue weighted by Gasteiger charge is -2.23. The Bertz CT molecular complexity index is 512. The summed E-state index contributed by atoms with van der Waals surface area (Å²) in [5.74, 6) is 6.41.